The van der Waals surface area contributed by atoms with Crippen LogP contribution in [0.3, 0.4) is 0 Å². The number of fused-ring (bicyclic) bond motifs is 1. The first kappa shape index (κ1) is 13.4. The van der Waals surface area contributed by atoms with E-state index in [1.165, 1.54) is 16.9 Å². The monoisotopic (exact) mass is 289 g/mol. The zero-order chi connectivity index (χ0) is 13.9. The molecule has 1 unspecified atom stereocenters. The largest absolute Gasteiger partial charge is 0.469 e. The van der Waals surface area contributed by atoms with Crippen LogP contribution in [0.1, 0.15) is 39.9 Å². The molecule has 1 aliphatic rings. The third kappa shape index (κ3) is 2.80. The van der Waals surface area contributed by atoms with Gasteiger partial charge in [0.25, 0.3) is 5.91 Å². The summed E-state index contributed by atoms with van der Waals surface area (Å²) in [5, 5.41) is 5.01. The van der Waals surface area contributed by atoms with E-state index in [2.05, 4.69) is 12.2 Å². The van der Waals surface area contributed by atoms with Crippen molar-refractivity contribution in [1.82, 2.24) is 5.32 Å². The highest BCUT2D eigenvalue weighted by Gasteiger charge is 2.22. The van der Waals surface area contributed by atoms with Crippen LogP contribution < -0.4 is 5.32 Å². The molecule has 2 aromatic heterocycles. The molecule has 0 fully saturated rings. The fraction of sp³-hybridized carbons (Fsp3) is 0.438. The number of furan rings is 1. The first-order valence-electron chi connectivity index (χ1n) is 7.14. The molecule has 0 saturated heterocycles. The molecule has 20 heavy (non-hydrogen) atoms. The minimum Gasteiger partial charge on any atom is -0.469 e. The van der Waals surface area contributed by atoms with Gasteiger partial charge in [0.05, 0.1) is 11.8 Å². The average molecular weight is 289 g/mol. The molecule has 0 aliphatic heterocycles. The Hall–Kier alpha value is -1.55. The molecule has 106 valence electrons. The van der Waals surface area contributed by atoms with E-state index in [0.29, 0.717) is 6.54 Å². The number of amides is 1. The summed E-state index contributed by atoms with van der Waals surface area (Å²) in [6, 6.07) is 3.80. The predicted octanol–water partition coefficient (Wildman–Crippen LogP) is 3.44. The van der Waals surface area contributed by atoms with Gasteiger partial charge in [-0.3, -0.25) is 4.79 Å². The molecule has 0 spiro atoms. The molecule has 3 rings (SSSR count). The van der Waals surface area contributed by atoms with Crippen LogP contribution in [-0.2, 0) is 19.3 Å². The normalized spacial score (nSPS) is 17.8. The Balaban J connectivity index is 1.60. The van der Waals surface area contributed by atoms with Crippen molar-refractivity contribution in [2.45, 2.75) is 32.6 Å². The Morgan fingerprint density at radius 1 is 1.55 bits per heavy atom. The lowest BCUT2D eigenvalue weighted by Gasteiger charge is -2.18. The van der Waals surface area contributed by atoms with E-state index in [1.54, 1.807) is 17.6 Å². The van der Waals surface area contributed by atoms with Crippen molar-refractivity contribution in [3.05, 3.63) is 45.5 Å². The van der Waals surface area contributed by atoms with Crippen LogP contribution in [0.25, 0.3) is 0 Å². The fourth-order valence-corrected chi connectivity index (χ4v) is 3.96. The van der Waals surface area contributed by atoms with Gasteiger partial charge in [0.1, 0.15) is 5.76 Å². The molecule has 0 bridgehead atoms. The third-order valence-electron chi connectivity index (χ3n) is 3.88. The summed E-state index contributed by atoms with van der Waals surface area (Å²) in [4.78, 5) is 13.7. The molecule has 0 radical (unpaired) electrons. The van der Waals surface area contributed by atoms with Crippen molar-refractivity contribution in [2.24, 2.45) is 5.92 Å². The molecule has 4 heteroatoms. The van der Waals surface area contributed by atoms with Crippen molar-refractivity contribution >= 4 is 17.2 Å². The number of hydrogen-bond donors (Lipinski definition) is 1. The standard InChI is InChI=1S/C16H19NO2S/c1-11-4-5-13-14(10-20-15(13)9-11)16(18)17-7-6-12-3-2-8-19-12/h2-3,8,10-11H,4-7,9H2,1H3,(H,17,18). The molecule has 0 saturated carbocycles. The number of carbonyl (C=O) groups is 1. The van der Waals surface area contributed by atoms with Gasteiger partial charge in [-0.2, -0.15) is 0 Å². The molecule has 2 heterocycles. The van der Waals surface area contributed by atoms with Gasteiger partial charge in [0.2, 0.25) is 0 Å². The number of hydrogen-bond acceptors (Lipinski definition) is 3. The van der Waals surface area contributed by atoms with Gasteiger partial charge >= 0.3 is 0 Å². The predicted molar refractivity (Wildman–Crippen MR) is 80.3 cm³/mol. The van der Waals surface area contributed by atoms with Gasteiger partial charge in [-0.25, -0.2) is 0 Å². The van der Waals surface area contributed by atoms with E-state index in [0.717, 1.165) is 36.5 Å². The third-order valence-corrected chi connectivity index (χ3v) is 4.93. The van der Waals surface area contributed by atoms with Crippen LogP contribution in [0.15, 0.2) is 28.2 Å². The Bertz CT molecular complexity index is 586. The lowest BCUT2D eigenvalue weighted by molar-refractivity contribution is 0.0953. The topological polar surface area (TPSA) is 42.2 Å². The molecular weight excluding hydrogens is 270 g/mol. The zero-order valence-corrected chi connectivity index (χ0v) is 12.5. The van der Waals surface area contributed by atoms with Crippen molar-refractivity contribution in [3.63, 3.8) is 0 Å². The summed E-state index contributed by atoms with van der Waals surface area (Å²) in [5.41, 5.74) is 2.17. The number of thiophene rings is 1. The lowest BCUT2D eigenvalue weighted by Crippen LogP contribution is -2.26. The quantitative estimate of drug-likeness (QED) is 0.937. The second-order valence-electron chi connectivity index (χ2n) is 5.48. The van der Waals surface area contributed by atoms with Crippen molar-refractivity contribution < 1.29 is 9.21 Å². The van der Waals surface area contributed by atoms with Gasteiger partial charge in [0.15, 0.2) is 0 Å². The fourth-order valence-electron chi connectivity index (χ4n) is 2.72. The van der Waals surface area contributed by atoms with Crippen LogP contribution in [0.4, 0.5) is 0 Å². The van der Waals surface area contributed by atoms with Gasteiger partial charge in [-0.05, 0) is 42.9 Å². The minimum absolute atomic E-state index is 0.0589. The van der Waals surface area contributed by atoms with E-state index in [9.17, 15) is 4.79 Å². The highest BCUT2D eigenvalue weighted by molar-refractivity contribution is 7.10. The number of carbonyl (C=O) groups excluding carboxylic acids is 1. The summed E-state index contributed by atoms with van der Waals surface area (Å²) >= 11 is 1.74. The number of nitrogens with one attached hydrogen (secondary N) is 1. The van der Waals surface area contributed by atoms with Crippen molar-refractivity contribution in [1.29, 1.82) is 0 Å². The van der Waals surface area contributed by atoms with E-state index >= 15 is 0 Å². The molecule has 1 aliphatic carbocycles. The smallest absolute Gasteiger partial charge is 0.252 e. The molecule has 1 N–H and O–H groups in total. The van der Waals surface area contributed by atoms with Crippen molar-refractivity contribution in [2.75, 3.05) is 6.54 Å². The maximum absolute atomic E-state index is 12.3. The SMILES string of the molecule is CC1CCc2c(C(=O)NCCc3ccco3)csc2C1. The Labute approximate surface area is 123 Å². The highest BCUT2D eigenvalue weighted by atomic mass is 32.1. The van der Waals surface area contributed by atoms with Gasteiger partial charge in [-0.1, -0.05) is 6.92 Å². The molecular formula is C16H19NO2S. The second kappa shape index (κ2) is 5.83. The van der Waals surface area contributed by atoms with Crippen LogP contribution in [0, 0.1) is 5.92 Å². The van der Waals surface area contributed by atoms with Crippen LogP contribution >= 0.6 is 11.3 Å². The first-order chi connectivity index (χ1) is 9.74. The molecule has 1 amide bonds. The molecule has 3 nitrogen and oxygen atoms in total. The van der Waals surface area contributed by atoms with E-state index in [-0.39, 0.29) is 5.91 Å². The Kier molecular flexibility index (Phi) is 3.92. The summed E-state index contributed by atoms with van der Waals surface area (Å²) in [5.74, 6) is 1.71. The van der Waals surface area contributed by atoms with E-state index < -0.39 is 0 Å². The van der Waals surface area contributed by atoms with Crippen molar-refractivity contribution in [3.8, 4) is 0 Å². The maximum Gasteiger partial charge on any atom is 0.252 e. The van der Waals surface area contributed by atoms with Crippen LogP contribution in [0.5, 0.6) is 0 Å². The van der Waals surface area contributed by atoms with Gasteiger partial charge in [0, 0.05) is 23.2 Å². The summed E-state index contributed by atoms with van der Waals surface area (Å²) in [7, 11) is 0. The Morgan fingerprint density at radius 3 is 3.25 bits per heavy atom. The number of rotatable bonds is 4. The maximum atomic E-state index is 12.3. The minimum atomic E-state index is 0.0589. The van der Waals surface area contributed by atoms with Gasteiger partial charge < -0.3 is 9.73 Å². The Morgan fingerprint density at radius 2 is 2.45 bits per heavy atom. The first-order valence-corrected chi connectivity index (χ1v) is 8.02. The van der Waals surface area contributed by atoms with Crippen LogP contribution in [0.2, 0.25) is 0 Å². The van der Waals surface area contributed by atoms with E-state index in [1.807, 2.05) is 17.5 Å². The van der Waals surface area contributed by atoms with Gasteiger partial charge in [-0.15, -0.1) is 11.3 Å². The average Bonchev–Trinajstić information content (AvgIpc) is 3.07. The van der Waals surface area contributed by atoms with E-state index in [4.69, 9.17) is 4.42 Å². The molecule has 2 aromatic rings. The summed E-state index contributed by atoms with van der Waals surface area (Å²) < 4.78 is 5.26. The highest BCUT2D eigenvalue weighted by Crippen LogP contribution is 2.32. The summed E-state index contributed by atoms with van der Waals surface area (Å²) in [6.07, 6.45) is 5.76. The summed E-state index contributed by atoms with van der Waals surface area (Å²) in [6.45, 7) is 2.90. The van der Waals surface area contributed by atoms with Crippen LogP contribution in [-0.4, -0.2) is 12.5 Å². The lowest BCUT2D eigenvalue weighted by atomic mass is 9.88. The second-order valence-corrected chi connectivity index (χ2v) is 6.45. The zero-order valence-electron chi connectivity index (χ0n) is 11.6. The molecule has 1 atom stereocenters. The molecule has 0 aromatic carbocycles.